The number of ether oxygens (including phenoxy) is 1. The van der Waals surface area contributed by atoms with Crippen molar-refractivity contribution in [3.8, 4) is 0 Å². The fraction of sp³-hybridized carbons (Fsp3) is 1.00. The molecule has 2 bridgehead atoms. The first-order chi connectivity index (χ1) is 10.4. The van der Waals surface area contributed by atoms with E-state index in [4.69, 9.17) is 4.74 Å². The van der Waals surface area contributed by atoms with Gasteiger partial charge in [0.05, 0.1) is 6.61 Å². The van der Waals surface area contributed by atoms with Crippen LogP contribution in [0.4, 0.5) is 0 Å². The summed E-state index contributed by atoms with van der Waals surface area (Å²) in [7, 11) is 0. The van der Waals surface area contributed by atoms with Crippen LogP contribution in [0.3, 0.4) is 0 Å². The van der Waals surface area contributed by atoms with Gasteiger partial charge < -0.3 is 15.4 Å². The van der Waals surface area contributed by atoms with Gasteiger partial charge in [-0.2, -0.15) is 11.8 Å². The van der Waals surface area contributed by atoms with Crippen molar-refractivity contribution in [1.82, 2.24) is 16.0 Å². The predicted octanol–water partition coefficient (Wildman–Crippen LogP) is 1.67. The van der Waals surface area contributed by atoms with Crippen molar-refractivity contribution in [2.45, 2.75) is 38.8 Å². The van der Waals surface area contributed by atoms with E-state index in [1.165, 1.54) is 31.0 Å². The highest BCUT2D eigenvalue weighted by molar-refractivity contribution is 7.99. The molecule has 4 rings (SSSR count). The number of piperidine rings is 2. The Hall–Kier alpha value is 0.190. The van der Waals surface area contributed by atoms with E-state index in [0.29, 0.717) is 0 Å². The first-order valence-corrected chi connectivity index (χ1v) is 9.90. The van der Waals surface area contributed by atoms with Crippen LogP contribution in [0.2, 0.25) is 0 Å². The van der Waals surface area contributed by atoms with Gasteiger partial charge in [-0.15, -0.1) is 0 Å². The molecule has 0 aromatic rings. The van der Waals surface area contributed by atoms with Gasteiger partial charge in [-0.3, -0.25) is 5.32 Å². The van der Waals surface area contributed by atoms with E-state index in [-0.39, 0.29) is 5.72 Å². The molecule has 0 saturated carbocycles. The Bertz CT molecular complexity index is 257. The zero-order valence-electron chi connectivity index (χ0n) is 13.7. The van der Waals surface area contributed by atoms with Gasteiger partial charge in [0.1, 0.15) is 5.72 Å². The maximum absolute atomic E-state index is 5.63. The molecule has 0 radical (unpaired) electrons. The Labute approximate surface area is 134 Å². The molecule has 4 aliphatic rings. The predicted molar refractivity (Wildman–Crippen MR) is 91.9 cm³/mol. The van der Waals surface area contributed by atoms with Crippen molar-refractivity contribution in [3.05, 3.63) is 0 Å². The summed E-state index contributed by atoms with van der Waals surface area (Å²) in [5.74, 6) is 4.82. The van der Waals surface area contributed by atoms with Crippen LogP contribution in [0, 0.1) is 11.8 Å². The van der Waals surface area contributed by atoms with E-state index in [1.807, 2.05) is 13.8 Å². The highest BCUT2D eigenvalue weighted by Crippen LogP contribution is 2.29. The lowest BCUT2D eigenvalue weighted by atomic mass is 9.93. The van der Waals surface area contributed by atoms with Crippen LogP contribution in [0.15, 0.2) is 0 Å². The van der Waals surface area contributed by atoms with Gasteiger partial charge in [-0.05, 0) is 55.9 Å². The summed E-state index contributed by atoms with van der Waals surface area (Å²) in [4.78, 5) is 0. The first kappa shape index (κ1) is 17.5. The van der Waals surface area contributed by atoms with Crippen LogP contribution in [0.25, 0.3) is 0 Å². The average Bonchev–Trinajstić information content (AvgIpc) is 2.99. The van der Waals surface area contributed by atoms with Gasteiger partial charge >= 0.3 is 0 Å². The number of rotatable bonds is 0. The Morgan fingerprint density at radius 3 is 2.14 bits per heavy atom. The van der Waals surface area contributed by atoms with Gasteiger partial charge in [0.2, 0.25) is 0 Å². The average molecular weight is 316 g/mol. The third-order valence-electron chi connectivity index (χ3n) is 4.58. The van der Waals surface area contributed by atoms with Gasteiger partial charge in [0.25, 0.3) is 0 Å². The molecule has 0 amide bonds. The molecule has 4 heterocycles. The number of fused-ring (bicyclic) bond motifs is 2. The second kappa shape index (κ2) is 9.36. The molecule has 1 spiro atoms. The van der Waals surface area contributed by atoms with Crippen molar-refractivity contribution >= 4 is 11.8 Å². The van der Waals surface area contributed by atoms with Crippen LogP contribution in [0.1, 0.15) is 33.1 Å². The monoisotopic (exact) mass is 315 g/mol. The Balaban J connectivity index is 0.000000138. The largest absolute Gasteiger partial charge is 0.359 e. The Kier molecular flexibility index (Phi) is 7.82. The molecular formula is C16H33N3OS. The summed E-state index contributed by atoms with van der Waals surface area (Å²) in [6.45, 7) is 10.7. The minimum Gasteiger partial charge on any atom is -0.359 e. The van der Waals surface area contributed by atoms with Gasteiger partial charge in [0, 0.05) is 19.4 Å². The minimum atomic E-state index is 0.0608. The lowest BCUT2D eigenvalue weighted by Crippen LogP contribution is -2.49. The molecule has 0 aliphatic carbocycles. The minimum absolute atomic E-state index is 0.0608. The molecule has 0 aromatic carbocycles. The summed E-state index contributed by atoms with van der Waals surface area (Å²) in [6.07, 6.45) is 3.74. The second-order valence-electron chi connectivity index (χ2n) is 6.18. The molecule has 4 fully saturated rings. The van der Waals surface area contributed by atoms with Crippen molar-refractivity contribution in [1.29, 1.82) is 0 Å². The van der Waals surface area contributed by atoms with E-state index in [1.54, 1.807) is 0 Å². The lowest BCUT2D eigenvalue weighted by molar-refractivity contribution is -0.0331. The summed E-state index contributed by atoms with van der Waals surface area (Å²) >= 11 is 2.15. The molecule has 5 heteroatoms. The topological polar surface area (TPSA) is 45.3 Å². The van der Waals surface area contributed by atoms with Crippen molar-refractivity contribution < 1.29 is 4.74 Å². The summed E-state index contributed by atoms with van der Waals surface area (Å²) in [5, 5.41) is 10.2. The van der Waals surface area contributed by atoms with Crippen LogP contribution in [0.5, 0.6) is 0 Å². The SMILES string of the molecule is C1CC2(CCN1)NCCO2.C1NCC2CSCC1C2.CC. The van der Waals surface area contributed by atoms with E-state index < -0.39 is 0 Å². The number of hydrogen-bond donors (Lipinski definition) is 3. The fourth-order valence-electron chi connectivity index (χ4n) is 3.51. The third kappa shape index (κ3) is 5.39. The van der Waals surface area contributed by atoms with Crippen molar-refractivity contribution in [2.75, 3.05) is 50.8 Å². The number of thioether (sulfide) groups is 1. The summed E-state index contributed by atoms with van der Waals surface area (Å²) < 4.78 is 5.63. The van der Waals surface area contributed by atoms with Crippen LogP contribution < -0.4 is 16.0 Å². The molecular weight excluding hydrogens is 282 g/mol. The fourth-order valence-corrected chi connectivity index (χ4v) is 4.82. The molecule has 2 atom stereocenters. The zero-order valence-corrected chi connectivity index (χ0v) is 14.6. The normalized spacial score (nSPS) is 33.4. The van der Waals surface area contributed by atoms with Crippen molar-refractivity contribution in [3.63, 3.8) is 0 Å². The summed E-state index contributed by atoms with van der Waals surface area (Å²) in [6, 6.07) is 0. The maximum Gasteiger partial charge on any atom is 0.121 e. The van der Waals surface area contributed by atoms with E-state index in [0.717, 1.165) is 50.9 Å². The smallest absolute Gasteiger partial charge is 0.121 e. The van der Waals surface area contributed by atoms with E-state index in [9.17, 15) is 0 Å². The quantitative estimate of drug-likeness (QED) is 0.635. The molecule has 4 saturated heterocycles. The van der Waals surface area contributed by atoms with Crippen molar-refractivity contribution in [2.24, 2.45) is 11.8 Å². The number of hydrogen-bond acceptors (Lipinski definition) is 5. The van der Waals surface area contributed by atoms with Crippen LogP contribution in [-0.2, 0) is 4.74 Å². The molecule has 4 nitrogen and oxygen atoms in total. The highest BCUT2D eigenvalue weighted by Gasteiger charge is 2.35. The lowest BCUT2D eigenvalue weighted by Gasteiger charge is -2.34. The first-order valence-electron chi connectivity index (χ1n) is 8.74. The summed E-state index contributed by atoms with van der Waals surface area (Å²) in [5.41, 5.74) is 0.0608. The van der Waals surface area contributed by atoms with Gasteiger partial charge in [0.15, 0.2) is 0 Å². The number of nitrogens with one attached hydrogen (secondary N) is 3. The molecule has 124 valence electrons. The zero-order chi connectivity index (χ0) is 15.0. The second-order valence-corrected chi connectivity index (χ2v) is 7.26. The molecule has 0 aromatic heterocycles. The van der Waals surface area contributed by atoms with Crippen LogP contribution in [-0.4, -0.2) is 56.6 Å². The standard InChI is InChI=1S/C7H14N2O.C7H13NS.C2H6/c1-3-8-4-2-7(1)9-5-6-10-7;1-6-2-8-3-7(1)5-9-4-6;1-2/h8-9H,1-6H2;6-8H,1-5H2;1-2H3. The molecule has 4 aliphatic heterocycles. The van der Waals surface area contributed by atoms with Crippen LogP contribution >= 0.6 is 11.8 Å². The van der Waals surface area contributed by atoms with E-state index in [2.05, 4.69) is 27.7 Å². The maximum atomic E-state index is 5.63. The van der Waals surface area contributed by atoms with Gasteiger partial charge in [-0.1, -0.05) is 13.8 Å². The van der Waals surface area contributed by atoms with Gasteiger partial charge in [-0.25, -0.2) is 0 Å². The Morgan fingerprint density at radius 2 is 1.62 bits per heavy atom. The highest BCUT2D eigenvalue weighted by atomic mass is 32.2. The molecule has 3 N–H and O–H groups in total. The third-order valence-corrected chi connectivity index (χ3v) is 5.99. The van der Waals surface area contributed by atoms with E-state index >= 15 is 0 Å². The molecule has 2 unspecified atom stereocenters. The molecule has 21 heavy (non-hydrogen) atoms. The Morgan fingerprint density at radius 1 is 0.952 bits per heavy atom.